The van der Waals surface area contributed by atoms with Crippen LogP contribution in [0.15, 0.2) is 36.5 Å². The Morgan fingerprint density at radius 1 is 1.19 bits per heavy atom. The monoisotopic (exact) mass is 386 g/mol. The zero-order chi connectivity index (χ0) is 19.4. The van der Waals surface area contributed by atoms with Crippen molar-refractivity contribution in [3.63, 3.8) is 0 Å². The average molecular weight is 386 g/mol. The van der Waals surface area contributed by atoms with Crippen LogP contribution in [0.3, 0.4) is 0 Å². The minimum atomic E-state index is -1.07. The van der Waals surface area contributed by atoms with Gasteiger partial charge in [-0.2, -0.15) is 0 Å². The Kier molecular flexibility index (Phi) is 5.26. The highest BCUT2D eigenvalue weighted by atomic mass is 32.1. The van der Waals surface area contributed by atoms with Crippen LogP contribution in [-0.4, -0.2) is 44.2 Å². The number of ether oxygens (including phenoxy) is 1. The SMILES string of the molecule is COC(=O)C(C)(C)n1cc(C(=O)NCc2nnc(-c3ccccc3)s2)nn1. The van der Waals surface area contributed by atoms with Crippen LogP contribution in [-0.2, 0) is 21.6 Å². The van der Waals surface area contributed by atoms with Crippen LogP contribution in [0.25, 0.3) is 10.6 Å². The summed E-state index contributed by atoms with van der Waals surface area (Å²) in [4.78, 5) is 24.1. The van der Waals surface area contributed by atoms with Gasteiger partial charge in [0.2, 0.25) is 0 Å². The molecule has 140 valence electrons. The Morgan fingerprint density at radius 2 is 1.93 bits per heavy atom. The van der Waals surface area contributed by atoms with E-state index in [0.717, 1.165) is 10.6 Å². The van der Waals surface area contributed by atoms with Gasteiger partial charge in [-0.05, 0) is 13.8 Å². The molecule has 2 heterocycles. The van der Waals surface area contributed by atoms with Gasteiger partial charge in [-0.25, -0.2) is 9.48 Å². The highest BCUT2D eigenvalue weighted by molar-refractivity contribution is 7.14. The number of methoxy groups -OCH3 is 1. The number of amides is 1. The lowest BCUT2D eigenvalue weighted by molar-refractivity contribution is -0.150. The molecule has 27 heavy (non-hydrogen) atoms. The zero-order valence-corrected chi connectivity index (χ0v) is 15.9. The number of carbonyl (C=O) groups excluding carboxylic acids is 2. The Morgan fingerprint density at radius 3 is 2.63 bits per heavy atom. The summed E-state index contributed by atoms with van der Waals surface area (Å²) in [5.41, 5.74) is 0.00437. The van der Waals surface area contributed by atoms with Crippen molar-refractivity contribution in [1.29, 1.82) is 0 Å². The maximum Gasteiger partial charge on any atom is 0.333 e. The minimum Gasteiger partial charge on any atom is -0.467 e. The molecular formula is C17H18N6O3S. The number of nitrogens with one attached hydrogen (secondary N) is 1. The summed E-state index contributed by atoms with van der Waals surface area (Å²) < 4.78 is 6.04. The second-order valence-corrected chi connectivity index (χ2v) is 7.21. The quantitative estimate of drug-likeness (QED) is 0.641. The van der Waals surface area contributed by atoms with Gasteiger partial charge in [0.1, 0.15) is 10.0 Å². The maximum absolute atomic E-state index is 12.3. The van der Waals surface area contributed by atoms with E-state index in [2.05, 4.69) is 25.8 Å². The minimum absolute atomic E-state index is 0.0970. The van der Waals surface area contributed by atoms with Crippen LogP contribution >= 0.6 is 11.3 Å². The molecule has 0 saturated heterocycles. The summed E-state index contributed by atoms with van der Waals surface area (Å²) >= 11 is 1.40. The van der Waals surface area contributed by atoms with Crippen LogP contribution in [0.2, 0.25) is 0 Å². The largest absolute Gasteiger partial charge is 0.467 e. The van der Waals surface area contributed by atoms with Crippen molar-refractivity contribution in [2.75, 3.05) is 7.11 Å². The smallest absolute Gasteiger partial charge is 0.333 e. The molecule has 0 spiro atoms. The van der Waals surface area contributed by atoms with E-state index in [0.29, 0.717) is 5.01 Å². The molecule has 3 rings (SSSR count). The van der Waals surface area contributed by atoms with Gasteiger partial charge in [0, 0.05) is 5.56 Å². The van der Waals surface area contributed by atoms with Crippen LogP contribution in [0, 0.1) is 0 Å². The molecule has 10 heteroatoms. The molecular weight excluding hydrogens is 368 g/mol. The van der Waals surface area contributed by atoms with E-state index >= 15 is 0 Å². The van der Waals surface area contributed by atoms with E-state index in [1.807, 2.05) is 30.3 Å². The van der Waals surface area contributed by atoms with Gasteiger partial charge in [-0.3, -0.25) is 4.79 Å². The lowest BCUT2D eigenvalue weighted by Crippen LogP contribution is -2.37. The molecule has 1 aromatic carbocycles. The number of rotatable bonds is 6. The van der Waals surface area contributed by atoms with Gasteiger partial charge in [-0.1, -0.05) is 46.9 Å². The molecule has 3 aromatic rings. The van der Waals surface area contributed by atoms with Crippen LogP contribution in [0.4, 0.5) is 0 Å². The fourth-order valence-electron chi connectivity index (χ4n) is 2.25. The van der Waals surface area contributed by atoms with Crippen molar-refractivity contribution in [1.82, 2.24) is 30.5 Å². The third kappa shape index (κ3) is 4.00. The molecule has 2 aromatic heterocycles. The van der Waals surface area contributed by atoms with E-state index in [1.165, 1.54) is 29.3 Å². The van der Waals surface area contributed by atoms with E-state index in [1.54, 1.807) is 13.8 Å². The lowest BCUT2D eigenvalue weighted by Gasteiger charge is -2.20. The molecule has 0 aliphatic rings. The predicted octanol–water partition coefficient (Wildman–Crippen LogP) is 1.63. The molecule has 0 saturated carbocycles. The molecule has 0 radical (unpaired) electrons. The van der Waals surface area contributed by atoms with Gasteiger partial charge < -0.3 is 10.1 Å². The van der Waals surface area contributed by atoms with Gasteiger partial charge >= 0.3 is 5.97 Å². The van der Waals surface area contributed by atoms with Crippen molar-refractivity contribution in [3.8, 4) is 10.6 Å². The third-order valence-electron chi connectivity index (χ3n) is 3.87. The van der Waals surface area contributed by atoms with Crippen molar-refractivity contribution in [2.24, 2.45) is 0 Å². The first-order valence-corrected chi connectivity index (χ1v) is 8.90. The first-order chi connectivity index (χ1) is 12.9. The summed E-state index contributed by atoms with van der Waals surface area (Å²) in [5.74, 6) is -0.903. The predicted molar refractivity (Wildman–Crippen MR) is 97.9 cm³/mol. The Balaban J connectivity index is 1.64. The molecule has 0 bridgehead atoms. The highest BCUT2D eigenvalue weighted by Crippen LogP contribution is 2.23. The lowest BCUT2D eigenvalue weighted by atomic mass is 10.1. The second-order valence-electron chi connectivity index (χ2n) is 6.15. The van der Waals surface area contributed by atoms with Gasteiger partial charge in [0.05, 0.1) is 19.9 Å². The first kappa shape index (κ1) is 18.6. The molecule has 0 atom stereocenters. The number of hydrogen-bond acceptors (Lipinski definition) is 8. The summed E-state index contributed by atoms with van der Waals surface area (Å²) in [5, 5.41) is 20.1. The third-order valence-corrected chi connectivity index (χ3v) is 4.84. The summed E-state index contributed by atoms with van der Waals surface area (Å²) in [6, 6.07) is 9.68. The van der Waals surface area contributed by atoms with Crippen molar-refractivity contribution >= 4 is 23.2 Å². The number of hydrogen-bond donors (Lipinski definition) is 1. The number of carbonyl (C=O) groups is 2. The van der Waals surface area contributed by atoms with E-state index in [-0.39, 0.29) is 12.2 Å². The van der Waals surface area contributed by atoms with Crippen LogP contribution in [0.1, 0.15) is 29.3 Å². The zero-order valence-electron chi connectivity index (χ0n) is 15.0. The van der Waals surface area contributed by atoms with Crippen molar-refractivity contribution in [2.45, 2.75) is 25.9 Å². The van der Waals surface area contributed by atoms with E-state index < -0.39 is 17.4 Å². The molecule has 0 fully saturated rings. The molecule has 9 nitrogen and oxygen atoms in total. The number of aromatic nitrogens is 5. The number of benzene rings is 1. The average Bonchev–Trinajstić information content (AvgIpc) is 3.36. The fraction of sp³-hybridized carbons (Fsp3) is 0.294. The Labute approximate surface area is 159 Å². The van der Waals surface area contributed by atoms with Crippen molar-refractivity contribution < 1.29 is 14.3 Å². The summed E-state index contributed by atoms with van der Waals surface area (Å²) in [6.07, 6.45) is 1.40. The van der Waals surface area contributed by atoms with Gasteiger partial charge in [0.15, 0.2) is 11.2 Å². The topological polar surface area (TPSA) is 112 Å². The molecule has 0 unspecified atom stereocenters. The highest BCUT2D eigenvalue weighted by Gasteiger charge is 2.32. The molecule has 0 aliphatic heterocycles. The second kappa shape index (κ2) is 7.62. The number of esters is 1. The number of nitrogens with zero attached hydrogens (tertiary/aromatic N) is 5. The maximum atomic E-state index is 12.3. The van der Waals surface area contributed by atoms with Crippen LogP contribution < -0.4 is 5.32 Å². The first-order valence-electron chi connectivity index (χ1n) is 8.09. The Hall–Kier alpha value is -3.14. The van der Waals surface area contributed by atoms with E-state index in [9.17, 15) is 9.59 Å². The van der Waals surface area contributed by atoms with Gasteiger partial charge in [-0.15, -0.1) is 15.3 Å². The normalized spacial score (nSPS) is 11.2. The standard InChI is InChI=1S/C17H18N6O3S/c1-17(2,16(25)26-3)23-10-12(19-22-23)14(24)18-9-13-20-21-15(27-13)11-7-5-4-6-8-11/h4-8,10H,9H2,1-3H3,(H,18,24). The Bertz CT molecular complexity index is 951. The molecule has 1 N–H and O–H groups in total. The summed E-state index contributed by atoms with van der Waals surface area (Å²) in [6.45, 7) is 3.47. The molecule has 0 aliphatic carbocycles. The van der Waals surface area contributed by atoms with E-state index in [4.69, 9.17) is 4.74 Å². The van der Waals surface area contributed by atoms with Crippen molar-refractivity contribution in [3.05, 3.63) is 47.2 Å². The molecule has 1 amide bonds. The summed E-state index contributed by atoms with van der Waals surface area (Å²) in [7, 11) is 1.29. The van der Waals surface area contributed by atoms with Gasteiger partial charge in [0.25, 0.3) is 5.91 Å². The fourth-order valence-corrected chi connectivity index (χ4v) is 3.04. The van der Waals surface area contributed by atoms with Crippen LogP contribution in [0.5, 0.6) is 0 Å².